The minimum atomic E-state index is -3.12. The van der Waals surface area contributed by atoms with Crippen molar-refractivity contribution in [1.29, 1.82) is 0 Å². The molecule has 0 aliphatic rings. The molecule has 18 heavy (non-hydrogen) atoms. The molecule has 100 valence electrons. The topological polar surface area (TPSA) is 60.4 Å². The number of sulfone groups is 1. The Morgan fingerprint density at radius 2 is 2.00 bits per heavy atom. The Balaban J connectivity index is 2.59. The molecule has 0 spiro atoms. The van der Waals surface area contributed by atoms with Crippen molar-refractivity contribution in [3.8, 4) is 5.75 Å². The molecule has 0 amide bonds. The molecule has 4 nitrogen and oxygen atoms in total. The first-order valence-electron chi connectivity index (χ1n) is 5.56. The van der Waals surface area contributed by atoms with Crippen LogP contribution < -0.4 is 4.74 Å². The highest BCUT2D eigenvalue weighted by Crippen LogP contribution is 2.15. The summed E-state index contributed by atoms with van der Waals surface area (Å²) in [6, 6.07) is 3.55. The Bertz CT molecular complexity index is 511. The molecule has 0 bridgehead atoms. The van der Waals surface area contributed by atoms with E-state index in [1.807, 2.05) is 0 Å². The monoisotopic (exact) mass is 274 g/mol. The van der Waals surface area contributed by atoms with Crippen LogP contribution in [0.2, 0.25) is 0 Å². The number of aldehydes is 1. The lowest BCUT2D eigenvalue weighted by molar-refractivity contribution is 0.112. The maximum atomic E-state index is 13.0. The first-order valence-corrected chi connectivity index (χ1v) is 7.38. The number of carbonyl (C=O) groups is 1. The van der Waals surface area contributed by atoms with Gasteiger partial charge in [0, 0.05) is 11.6 Å². The third-order valence-electron chi connectivity index (χ3n) is 2.21. The fourth-order valence-corrected chi connectivity index (χ4v) is 2.60. The average Bonchev–Trinajstić information content (AvgIpc) is 2.27. The predicted molar refractivity (Wildman–Crippen MR) is 66.2 cm³/mol. The summed E-state index contributed by atoms with van der Waals surface area (Å²) in [5.41, 5.74) is 0.154. The maximum Gasteiger partial charge on any atom is 0.153 e. The van der Waals surface area contributed by atoms with Crippen LogP contribution >= 0.6 is 0 Å². The first-order chi connectivity index (χ1) is 8.46. The van der Waals surface area contributed by atoms with Crippen molar-refractivity contribution in [2.24, 2.45) is 0 Å². The van der Waals surface area contributed by atoms with E-state index < -0.39 is 15.7 Å². The second kappa shape index (κ2) is 6.49. The molecule has 0 fully saturated rings. The van der Waals surface area contributed by atoms with Gasteiger partial charge in [0.2, 0.25) is 0 Å². The van der Waals surface area contributed by atoms with E-state index in [0.29, 0.717) is 12.7 Å². The summed E-state index contributed by atoms with van der Waals surface area (Å²) < 4.78 is 41.0. The number of rotatable bonds is 7. The number of ether oxygens (including phenoxy) is 1. The Morgan fingerprint density at radius 1 is 1.28 bits per heavy atom. The van der Waals surface area contributed by atoms with E-state index in [1.54, 1.807) is 6.92 Å². The zero-order valence-electron chi connectivity index (χ0n) is 10.1. The standard InChI is InChI=1S/C12H15FO4S/c1-2-4-18(15,16)5-3-17-12-7-10(9-14)6-11(13)8-12/h6-9H,2-5H2,1H3. The molecule has 1 rings (SSSR count). The maximum absolute atomic E-state index is 13.0. The Labute approximate surface area is 106 Å². The Morgan fingerprint density at radius 3 is 2.61 bits per heavy atom. The molecule has 0 atom stereocenters. The van der Waals surface area contributed by atoms with Gasteiger partial charge in [-0.15, -0.1) is 0 Å². The normalized spacial score (nSPS) is 11.2. The molecule has 0 aromatic heterocycles. The zero-order valence-corrected chi connectivity index (χ0v) is 10.9. The van der Waals surface area contributed by atoms with E-state index in [2.05, 4.69) is 0 Å². The predicted octanol–water partition coefficient (Wildman–Crippen LogP) is 1.84. The largest absolute Gasteiger partial charge is 0.492 e. The molecule has 0 aliphatic heterocycles. The van der Waals surface area contributed by atoms with Gasteiger partial charge in [-0.2, -0.15) is 0 Å². The lowest BCUT2D eigenvalue weighted by Gasteiger charge is -2.07. The highest BCUT2D eigenvalue weighted by Gasteiger charge is 2.09. The van der Waals surface area contributed by atoms with Gasteiger partial charge in [-0.1, -0.05) is 6.92 Å². The van der Waals surface area contributed by atoms with Crippen molar-refractivity contribution in [1.82, 2.24) is 0 Å². The number of benzene rings is 1. The van der Waals surface area contributed by atoms with Crippen LogP contribution in [0.1, 0.15) is 23.7 Å². The van der Waals surface area contributed by atoms with Crippen molar-refractivity contribution in [2.75, 3.05) is 18.1 Å². The van der Waals surface area contributed by atoms with Crippen molar-refractivity contribution < 1.29 is 22.3 Å². The SMILES string of the molecule is CCCS(=O)(=O)CCOc1cc(F)cc(C=O)c1. The van der Waals surface area contributed by atoms with Crippen molar-refractivity contribution in [3.63, 3.8) is 0 Å². The molecule has 0 N–H and O–H groups in total. The highest BCUT2D eigenvalue weighted by atomic mass is 32.2. The van der Waals surface area contributed by atoms with Crippen LogP contribution in [0.25, 0.3) is 0 Å². The molecule has 1 aromatic rings. The van der Waals surface area contributed by atoms with Gasteiger partial charge < -0.3 is 4.74 Å². The summed E-state index contributed by atoms with van der Waals surface area (Å²) >= 11 is 0. The summed E-state index contributed by atoms with van der Waals surface area (Å²) in [4.78, 5) is 10.5. The van der Waals surface area contributed by atoms with Crippen LogP contribution in [0.4, 0.5) is 4.39 Å². The van der Waals surface area contributed by atoms with Crippen LogP contribution in [0.3, 0.4) is 0 Å². The third-order valence-corrected chi connectivity index (χ3v) is 4.03. The minimum Gasteiger partial charge on any atom is -0.492 e. The van der Waals surface area contributed by atoms with Crippen LogP contribution in [-0.4, -0.2) is 32.8 Å². The summed E-state index contributed by atoms with van der Waals surface area (Å²) in [5.74, 6) is -0.442. The van der Waals surface area contributed by atoms with Crippen molar-refractivity contribution in [3.05, 3.63) is 29.6 Å². The van der Waals surface area contributed by atoms with E-state index >= 15 is 0 Å². The lowest BCUT2D eigenvalue weighted by Crippen LogP contribution is -2.16. The number of hydrogen-bond donors (Lipinski definition) is 0. The number of carbonyl (C=O) groups excluding carboxylic acids is 1. The summed E-state index contributed by atoms with van der Waals surface area (Å²) in [7, 11) is -3.12. The van der Waals surface area contributed by atoms with E-state index in [9.17, 15) is 17.6 Å². The summed E-state index contributed by atoms with van der Waals surface area (Å²) in [5, 5.41) is 0. The molecule has 1 aromatic carbocycles. The molecule has 0 radical (unpaired) electrons. The van der Waals surface area contributed by atoms with E-state index in [4.69, 9.17) is 4.74 Å². The molecule has 6 heteroatoms. The smallest absolute Gasteiger partial charge is 0.153 e. The average molecular weight is 274 g/mol. The molecular weight excluding hydrogens is 259 g/mol. The quantitative estimate of drug-likeness (QED) is 0.712. The number of hydrogen-bond acceptors (Lipinski definition) is 4. The summed E-state index contributed by atoms with van der Waals surface area (Å²) in [6.45, 7) is 1.73. The second-order valence-corrected chi connectivity index (χ2v) is 6.14. The van der Waals surface area contributed by atoms with E-state index in [1.165, 1.54) is 6.07 Å². The fraction of sp³-hybridized carbons (Fsp3) is 0.417. The van der Waals surface area contributed by atoms with E-state index in [0.717, 1.165) is 12.1 Å². The van der Waals surface area contributed by atoms with Crippen molar-refractivity contribution >= 4 is 16.1 Å². The van der Waals surface area contributed by atoms with Crippen molar-refractivity contribution in [2.45, 2.75) is 13.3 Å². The molecule has 0 saturated heterocycles. The fourth-order valence-electron chi connectivity index (χ4n) is 1.44. The van der Waals surface area contributed by atoms with Crippen LogP contribution in [0, 0.1) is 5.82 Å². The second-order valence-electron chi connectivity index (χ2n) is 3.84. The lowest BCUT2D eigenvalue weighted by atomic mass is 10.2. The minimum absolute atomic E-state index is 0.0515. The third kappa shape index (κ3) is 4.83. The van der Waals surface area contributed by atoms with Gasteiger partial charge in [0.15, 0.2) is 9.84 Å². The van der Waals surface area contributed by atoms with Gasteiger partial charge in [0.25, 0.3) is 0 Å². The van der Waals surface area contributed by atoms with Gasteiger partial charge in [-0.05, 0) is 18.6 Å². The molecule has 0 aliphatic carbocycles. The van der Waals surface area contributed by atoms with Crippen LogP contribution in [0.15, 0.2) is 18.2 Å². The van der Waals surface area contributed by atoms with Gasteiger partial charge in [0.1, 0.15) is 24.5 Å². The van der Waals surface area contributed by atoms with Crippen LogP contribution in [-0.2, 0) is 9.84 Å². The van der Waals surface area contributed by atoms with Gasteiger partial charge in [0.05, 0.1) is 11.5 Å². The molecular formula is C12H15FO4S. The first kappa shape index (κ1) is 14.6. The zero-order chi connectivity index (χ0) is 13.6. The van der Waals surface area contributed by atoms with Gasteiger partial charge >= 0.3 is 0 Å². The van der Waals surface area contributed by atoms with Gasteiger partial charge in [-0.3, -0.25) is 4.79 Å². The van der Waals surface area contributed by atoms with Gasteiger partial charge in [-0.25, -0.2) is 12.8 Å². The molecule has 0 unspecified atom stereocenters. The highest BCUT2D eigenvalue weighted by molar-refractivity contribution is 7.91. The summed E-state index contributed by atoms with van der Waals surface area (Å²) in [6.07, 6.45) is 1.06. The molecule has 0 saturated carbocycles. The molecule has 0 heterocycles. The Hall–Kier alpha value is -1.43. The number of halogens is 1. The van der Waals surface area contributed by atoms with Crippen LogP contribution in [0.5, 0.6) is 5.75 Å². The van der Waals surface area contributed by atoms with E-state index in [-0.39, 0.29) is 29.4 Å². The Kier molecular flexibility index (Phi) is 5.27.